The number of hydrogen-bond acceptors (Lipinski definition) is 4. The Morgan fingerprint density at radius 2 is 2.12 bits per heavy atom. The first-order valence-electron chi connectivity index (χ1n) is 8.23. The molecule has 0 saturated carbocycles. The number of anilines is 1. The van der Waals surface area contributed by atoms with Crippen molar-refractivity contribution in [3.63, 3.8) is 0 Å². The molecule has 1 aliphatic rings. The predicted molar refractivity (Wildman–Crippen MR) is 94.7 cm³/mol. The molecule has 1 aromatic heterocycles. The van der Waals surface area contributed by atoms with Crippen LogP contribution >= 0.6 is 15.9 Å². The molecule has 1 saturated heterocycles. The van der Waals surface area contributed by atoms with Crippen molar-refractivity contribution in [3.8, 4) is 23.1 Å². The van der Waals surface area contributed by atoms with Crippen molar-refractivity contribution in [1.82, 2.24) is 4.98 Å². The molecule has 1 aromatic carbocycles. The van der Waals surface area contributed by atoms with Crippen LogP contribution in [0.25, 0.3) is 11.3 Å². The third-order valence-corrected chi connectivity index (χ3v) is 4.79. The van der Waals surface area contributed by atoms with E-state index in [1.807, 2.05) is 12.1 Å². The van der Waals surface area contributed by atoms with Crippen LogP contribution in [-0.4, -0.2) is 25.2 Å². The van der Waals surface area contributed by atoms with Crippen LogP contribution in [0.1, 0.15) is 26.2 Å². The summed E-state index contributed by atoms with van der Waals surface area (Å²) >= 11 is 3.48. The van der Waals surface area contributed by atoms with Crippen LogP contribution in [-0.2, 0) is 0 Å². The molecule has 1 aliphatic heterocycles. The van der Waals surface area contributed by atoms with Gasteiger partial charge in [0.15, 0.2) is 0 Å². The molecule has 0 amide bonds. The van der Waals surface area contributed by atoms with E-state index in [9.17, 15) is 4.39 Å². The van der Waals surface area contributed by atoms with Gasteiger partial charge < -0.3 is 9.64 Å². The minimum Gasteiger partial charge on any atom is -0.495 e. The second-order valence-electron chi connectivity index (χ2n) is 5.50. The molecule has 0 N–H and O–H groups in total. The van der Waals surface area contributed by atoms with Crippen molar-refractivity contribution in [2.24, 2.45) is 0 Å². The second kappa shape index (κ2) is 7.18. The minimum atomic E-state index is -0.576. The van der Waals surface area contributed by atoms with Gasteiger partial charge in [-0.05, 0) is 47.3 Å². The number of rotatable bonds is 3. The minimum absolute atomic E-state index is 0.000472. The Morgan fingerprint density at radius 1 is 1.38 bits per heavy atom. The quantitative estimate of drug-likeness (QED) is 0.772. The van der Waals surface area contributed by atoms with E-state index in [1.54, 1.807) is 13.2 Å². The van der Waals surface area contributed by atoms with Gasteiger partial charge in [0, 0.05) is 26.1 Å². The molecule has 2 aromatic rings. The zero-order valence-corrected chi connectivity index (χ0v) is 14.8. The van der Waals surface area contributed by atoms with Crippen molar-refractivity contribution < 1.29 is 10.5 Å². The van der Waals surface area contributed by atoms with Gasteiger partial charge in [0.1, 0.15) is 23.5 Å². The lowest BCUT2D eigenvalue weighted by Gasteiger charge is -2.28. The summed E-state index contributed by atoms with van der Waals surface area (Å²) in [5.41, 5.74) is 1.13. The molecule has 3 rings (SSSR count). The fourth-order valence-corrected chi connectivity index (χ4v) is 3.32. The number of hydrogen-bond donors (Lipinski definition) is 0. The third-order valence-electron chi connectivity index (χ3n) is 4.02. The van der Waals surface area contributed by atoms with Gasteiger partial charge in [-0.3, -0.25) is 0 Å². The van der Waals surface area contributed by atoms with Crippen LogP contribution in [0.5, 0.6) is 5.75 Å². The molecule has 6 heteroatoms. The fourth-order valence-electron chi connectivity index (χ4n) is 2.73. The van der Waals surface area contributed by atoms with Crippen LogP contribution in [0.4, 0.5) is 10.2 Å². The van der Waals surface area contributed by atoms with Gasteiger partial charge in [-0.15, -0.1) is 0 Å². The molecular formula is C18H17BrFN3O. The molecule has 0 radical (unpaired) electrons. The zero-order valence-electron chi connectivity index (χ0n) is 14.2. The number of halogens is 2. The summed E-state index contributed by atoms with van der Waals surface area (Å²) in [6.45, 7) is 1.51. The Bertz CT molecular complexity index is 832. The lowest BCUT2D eigenvalue weighted by Crippen LogP contribution is -2.30. The lowest BCUT2D eigenvalue weighted by atomic mass is 10.1. The maximum atomic E-state index is 14.0. The fraction of sp³-hybridized carbons (Fsp3) is 0.333. The van der Waals surface area contributed by atoms with E-state index in [2.05, 4.69) is 25.8 Å². The summed E-state index contributed by atoms with van der Waals surface area (Å²) in [6.07, 6.45) is 1.56. The molecular weight excluding hydrogens is 373 g/mol. The SMILES string of the molecule is [2H]C1CCN(c2cc(OC)c(Br)c(-c3ccc(C#N)c(F)c3)n2)CC1. The number of nitrogens with zero attached hydrogens (tertiary/aromatic N) is 3. The van der Waals surface area contributed by atoms with Gasteiger partial charge in [-0.1, -0.05) is 6.07 Å². The molecule has 4 nitrogen and oxygen atoms in total. The van der Waals surface area contributed by atoms with Gasteiger partial charge in [-0.25, -0.2) is 9.37 Å². The van der Waals surface area contributed by atoms with Crippen molar-refractivity contribution in [2.75, 3.05) is 25.1 Å². The predicted octanol–water partition coefficient (Wildman–Crippen LogP) is 4.52. The summed E-state index contributed by atoms with van der Waals surface area (Å²) in [7, 11) is 1.57. The van der Waals surface area contributed by atoms with E-state index in [-0.39, 0.29) is 12.0 Å². The standard InChI is InChI=1S/C18H17BrFN3O/c1-24-15-10-16(23-7-3-2-4-8-23)22-18(17(15)19)12-5-6-13(11-21)14(20)9-12/h5-6,9-10H,2-4,7-8H2,1H3/i2D. The Hall–Kier alpha value is -2.13. The van der Waals surface area contributed by atoms with Crippen LogP contribution < -0.4 is 9.64 Å². The molecule has 2 heterocycles. The summed E-state index contributed by atoms with van der Waals surface area (Å²) in [6, 6.07) is 8.10. The van der Waals surface area contributed by atoms with Crippen molar-refractivity contribution in [1.29, 1.82) is 5.26 Å². The summed E-state index contributed by atoms with van der Waals surface area (Å²) in [4.78, 5) is 6.80. The molecule has 0 aliphatic carbocycles. The Balaban J connectivity index is 2.05. The van der Waals surface area contributed by atoms with Gasteiger partial charge in [0.05, 0.1) is 22.8 Å². The van der Waals surface area contributed by atoms with Crippen LogP contribution in [0.2, 0.25) is 0 Å². The van der Waals surface area contributed by atoms with E-state index in [0.717, 1.165) is 31.7 Å². The first-order valence-corrected chi connectivity index (χ1v) is 8.44. The van der Waals surface area contributed by atoms with E-state index < -0.39 is 5.82 Å². The van der Waals surface area contributed by atoms with Gasteiger partial charge in [0.2, 0.25) is 0 Å². The van der Waals surface area contributed by atoms with Gasteiger partial charge in [0.25, 0.3) is 0 Å². The van der Waals surface area contributed by atoms with E-state index in [0.29, 0.717) is 21.5 Å². The number of ether oxygens (including phenoxy) is 1. The number of aromatic nitrogens is 1. The van der Waals surface area contributed by atoms with Crippen LogP contribution in [0.3, 0.4) is 0 Å². The third kappa shape index (κ3) is 3.22. The molecule has 0 atom stereocenters. The number of benzene rings is 1. The number of methoxy groups -OCH3 is 1. The van der Waals surface area contributed by atoms with Crippen molar-refractivity contribution in [3.05, 3.63) is 40.1 Å². The molecule has 0 bridgehead atoms. The van der Waals surface area contributed by atoms with Crippen molar-refractivity contribution >= 4 is 21.7 Å². The average Bonchev–Trinajstić information content (AvgIpc) is 2.62. The normalized spacial score (nSPS) is 15.8. The number of nitriles is 1. The lowest BCUT2D eigenvalue weighted by molar-refractivity contribution is 0.411. The first kappa shape index (κ1) is 15.4. The van der Waals surface area contributed by atoms with Crippen LogP contribution in [0, 0.1) is 17.1 Å². The van der Waals surface area contributed by atoms with Crippen LogP contribution in [0.15, 0.2) is 28.7 Å². The molecule has 24 heavy (non-hydrogen) atoms. The molecule has 1 fully saturated rings. The smallest absolute Gasteiger partial charge is 0.141 e. The molecule has 0 unspecified atom stereocenters. The topological polar surface area (TPSA) is 49.1 Å². The first-order chi connectivity index (χ1) is 12.0. The average molecular weight is 391 g/mol. The number of pyridine rings is 1. The second-order valence-corrected chi connectivity index (χ2v) is 6.30. The largest absolute Gasteiger partial charge is 0.495 e. The highest BCUT2D eigenvalue weighted by molar-refractivity contribution is 9.10. The summed E-state index contributed by atoms with van der Waals surface area (Å²) in [5, 5.41) is 8.90. The molecule has 124 valence electrons. The van der Waals surface area contributed by atoms with E-state index in [1.165, 1.54) is 12.1 Å². The Morgan fingerprint density at radius 3 is 2.75 bits per heavy atom. The highest BCUT2D eigenvalue weighted by atomic mass is 79.9. The number of piperidine rings is 1. The van der Waals surface area contributed by atoms with Gasteiger partial charge in [-0.2, -0.15) is 5.26 Å². The highest BCUT2D eigenvalue weighted by Gasteiger charge is 2.19. The monoisotopic (exact) mass is 390 g/mol. The maximum Gasteiger partial charge on any atom is 0.141 e. The zero-order chi connectivity index (χ0) is 18.0. The maximum absolute atomic E-state index is 14.0. The highest BCUT2D eigenvalue weighted by Crippen LogP contribution is 2.38. The Labute approximate surface area is 150 Å². The van der Waals surface area contributed by atoms with E-state index >= 15 is 0 Å². The van der Waals surface area contributed by atoms with Crippen molar-refractivity contribution in [2.45, 2.75) is 19.2 Å². The summed E-state index contributed by atoms with van der Waals surface area (Å²) < 4.78 is 27.9. The molecule has 0 spiro atoms. The van der Waals surface area contributed by atoms with E-state index in [4.69, 9.17) is 11.4 Å². The Kier molecular flexibility index (Phi) is 4.61. The van der Waals surface area contributed by atoms with Gasteiger partial charge >= 0.3 is 0 Å². The summed E-state index contributed by atoms with van der Waals surface area (Å²) in [5.74, 6) is 0.776.